The number of carbonyl (C=O) groups is 2. The molecule has 0 aromatic heterocycles. The van der Waals surface area contributed by atoms with E-state index in [0.717, 1.165) is 20.8 Å². The summed E-state index contributed by atoms with van der Waals surface area (Å²) in [5, 5.41) is 3.24. The van der Waals surface area contributed by atoms with Gasteiger partial charge >= 0.3 is 0 Å². The molecule has 39 heavy (non-hydrogen) atoms. The van der Waals surface area contributed by atoms with Crippen LogP contribution in [0.2, 0.25) is 5.02 Å². The average molecular weight is 637 g/mol. The van der Waals surface area contributed by atoms with E-state index in [0.29, 0.717) is 17.3 Å². The molecular formula is C28H31BrClN3O5S. The van der Waals surface area contributed by atoms with Crippen LogP contribution in [-0.2, 0) is 26.2 Å². The monoisotopic (exact) mass is 635 g/mol. The fraction of sp³-hybridized carbons (Fsp3) is 0.286. The number of amides is 2. The SMILES string of the molecule is CCCNC(=O)[C@H](C)N(Cc1cccc(Br)c1)C(=O)CN(c1ccc(Cl)cc1)S(=O)(=O)c1ccc(OC)cc1. The summed E-state index contributed by atoms with van der Waals surface area (Å²) in [5.74, 6) is -0.368. The molecule has 0 aliphatic heterocycles. The van der Waals surface area contributed by atoms with Crippen LogP contribution in [0.1, 0.15) is 25.8 Å². The highest BCUT2D eigenvalue weighted by Gasteiger charge is 2.32. The highest BCUT2D eigenvalue weighted by molar-refractivity contribution is 9.10. The first-order valence-corrected chi connectivity index (χ1v) is 14.9. The Morgan fingerprint density at radius 3 is 2.31 bits per heavy atom. The van der Waals surface area contributed by atoms with Gasteiger partial charge < -0.3 is 15.0 Å². The molecular weight excluding hydrogens is 606 g/mol. The summed E-state index contributed by atoms with van der Waals surface area (Å²) in [6, 6.07) is 18.6. The standard InChI is InChI=1S/C28H31BrClN3O5S/c1-4-16-31-28(35)20(2)32(18-21-6-5-7-22(29)17-21)27(34)19-33(24-10-8-23(30)9-11-24)39(36,37)26-14-12-25(38-3)13-15-26/h5-15,17,20H,4,16,18-19H2,1-3H3,(H,31,35)/t20-/m0/s1. The highest BCUT2D eigenvalue weighted by atomic mass is 79.9. The largest absolute Gasteiger partial charge is 0.497 e. The normalized spacial score (nSPS) is 11.9. The van der Waals surface area contributed by atoms with Gasteiger partial charge in [-0.05, 0) is 79.6 Å². The number of rotatable bonds is 12. The first-order valence-electron chi connectivity index (χ1n) is 12.3. The van der Waals surface area contributed by atoms with E-state index >= 15 is 0 Å². The lowest BCUT2D eigenvalue weighted by molar-refractivity contribution is -0.139. The third-order valence-corrected chi connectivity index (χ3v) is 8.53. The zero-order valence-electron chi connectivity index (χ0n) is 21.9. The Balaban J connectivity index is 2.01. The zero-order valence-corrected chi connectivity index (χ0v) is 25.1. The molecule has 0 radical (unpaired) electrons. The second kappa shape index (κ2) is 13.8. The third kappa shape index (κ3) is 7.97. The summed E-state index contributed by atoms with van der Waals surface area (Å²) in [6.07, 6.45) is 0.739. The number of ether oxygens (including phenoxy) is 1. The van der Waals surface area contributed by atoms with E-state index in [9.17, 15) is 18.0 Å². The lowest BCUT2D eigenvalue weighted by Gasteiger charge is -2.32. The molecule has 2 amide bonds. The van der Waals surface area contributed by atoms with Crippen molar-refractivity contribution in [3.63, 3.8) is 0 Å². The number of carbonyl (C=O) groups excluding carboxylic acids is 2. The molecule has 11 heteroatoms. The van der Waals surface area contributed by atoms with Crippen LogP contribution in [0.4, 0.5) is 5.69 Å². The number of sulfonamides is 1. The van der Waals surface area contributed by atoms with Gasteiger partial charge in [0, 0.05) is 22.6 Å². The second-order valence-electron chi connectivity index (χ2n) is 8.78. The summed E-state index contributed by atoms with van der Waals surface area (Å²) in [6.45, 7) is 3.60. The lowest BCUT2D eigenvalue weighted by atomic mass is 10.1. The molecule has 0 heterocycles. The van der Waals surface area contributed by atoms with E-state index in [1.54, 1.807) is 19.1 Å². The number of methoxy groups -OCH3 is 1. The van der Waals surface area contributed by atoms with Crippen molar-refractivity contribution in [3.8, 4) is 5.75 Å². The van der Waals surface area contributed by atoms with Crippen LogP contribution in [0.3, 0.4) is 0 Å². The van der Waals surface area contributed by atoms with Gasteiger partial charge in [-0.3, -0.25) is 13.9 Å². The van der Waals surface area contributed by atoms with Crippen LogP contribution in [0.25, 0.3) is 0 Å². The van der Waals surface area contributed by atoms with Crippen molar-refractivity contribution in [2.75, 3.05) is 24.5 Å². The van der Waals surface area contributed by atoms with Crippen LogP contribution in [0.5, 0.6) is 5.75 Å². The number of hydrogen-bond acceptors (Lipinski definition) is 5. The minimum Gasteiger partial charge on any atom is -0.497 e. The third-order valence-electron chi connectivity index (χ3n) is 6.00. The molecule has 0 fully saturated rings. The lowest BCUT2D eigenvalue weighted by Crippen LogP contribution is -2.51. The number of nitrogens with zero attached hydrogens (tertiary/aromatic N) is 2. The maximum atomic E-state index is 13.9. The summed E-state index contributed by atoms with van der Waals surface area (Å²) in [5.41, 5.74) is 1.04. The maximum absolute atomic E-state index is 13.9. The molecule has 0 spiro atoms. The molecule has 208 valence electrons. The Hall–Kier alpha value is -3.08. The number of benzene rings is 3. The summed E-state index contributed by atoms with van der Waals surface area (Å²) in [7, 11) is -2.70. The van der Waals surface area contributed by atoms with Crippen molar-refractivity contribution < 1.29 is 22.7 Å². The van der Waals surface area contributed by atoms with E-state index in [2.05, 4.69) is 21.2 Å². The van der Waals surface area contributed by atoms with Crippen LogP contribution in [-0.4, -0.2) is 51.4 Å². The molecule has 3 rings (SSSR count). The maximum Gasteiger partial charge on any atom is 0.264 e. The van der Waals surface area contributed by atoms with Gasteiger partial charge in [-0.1, -0.05) is 46.6 Å². The van der Waals surface area contributed by atoms with Crippen molar-refractivity contribution in [2.24, 2.45) is 0 Å². The van der Waals surface area contributed by atoms with Gasteiger partial charge in [0.25, 0.3) is 10.0 Å². The smallest absolute Gasteiger partial charge is 0.264 e. The Morgan fingerprint density at radius 2 is 1.72 bits per heavy atom. The molecule has 0 aliphatic carbocycles. The molecule has 1 atom stereocenters. The van der Waals surface area contributed by atoms with Gasteiger partial charge in [0.15, 0.2) is 0 Å². The zero-order chi connectivity index (χ0) is 28.6. The quantitative estimate of drug-likeness (QED) is 0.293. The number of halogens is 2. The van der Waals surface area contributed by atoms with Gasteiger partial charge in [-0.2, -0.15) is 0 Å². The Labute approximate surface area is 243 Å². The fourth-order valence-electron chi connectivity index (χ4n) is 3.82. The molecule has 1 N–H and O–H groups in total. The minimum atomic E-state index is -4.18. The van der Waals surface area contributed by atoms with E-state index in [-0.39, 0.29) is 23.0 Å². The molecule has 0 saturated heterocycles. The first kappa shape index (κ1) is 30.5. The van der Waals surface area contributed by atoms with E-state index in [1.807, 2.05) is 31.2 Å². The van der Waals surface area contributed by atoms with Crippen LogP contribution >= 0.6 is 27.5 Å². The highest BCUT2D eigenvalue weighted by Crippen LogP contribution is 2.27. The fourth-order valence-corrected chi connectivity index (χ4v) is 5.81. The van der Waals surface area contributed by atoms with Crippen molar-refractivity contribution >= 4 is 55.1 Å². The van der Waals surface area contributed by atoms with E-state index < -0.39 is 28.5 Å². The van der Waals surface area contributed by atoms with Crippen molar-refractivity contribution in [1.82, 2.24) is 10.2 Å². The van der Waals surface area contributed by atoms with E-state index in [4.69, 9.17) is 16.3 Å². The molecule has 0 unspecified atom stereocenters. The van der Waals surface area contributed by atoms with Gasteiger partial charge in [-0.15, -0.1) is 0 Å². The van der Waals surface area contributed by atoms with Crippen molar-refractivity contribution in [1.29, 1.82) is 0 Å². The Morgan fingerprint density at radius 1 is 1.05 bits per heavy atom. The molecule has 3 aromatic carbocycles. The Kier molecular flexibility index (Phi) is 10.8. The predicted molar refractivity (Wildman–Crippen MR) is 156 cm³/mol. The number of anilines is 1. The van der Waals surface area contributed by atoms with Crippen molar-refractivity contribution in [3.05, 3.63) is 87.9 Å². The van der Waals surface area contributed by atoms with Crippen LogP contribution in [0.15, 0.2) is 82.2 Å². The molecule has 8 nitrogen and oxygen atoms in total. The van der Waals surface area contributed by atoms with Gasteiger partial charge in [-0.25, -0.2) is 8.42 Å². The summed E-state index contributed by atoms with van der Waals surface area (Å²) in [4.78, 5) is 28.1. The van der Waals surface area contributed by atoms with Crippen molar-refractivity contribution in [2.45, 2.75) is 37.8 Å². The predicted octanol–water partition coefficient (Wildman–Crippen LogP) is 5.25. The second-order valence-corrected chi connectivity index (χ2v) is 12.0. The summed E-state index contributed by atoms with van der Waals surface area (Å²) < 4.78 is 34.6. The topological polar surface area (TPSA) is 96.0 Å². The molecule has 0 aliphatic rings. The van der Waals surface area contributed by atoms with Crippen LogP contribution < -0.4 is 14.4 Å². The van der Waals surface area contributed by atoms with Gasteiger partial charge in [0.2, 0.25) is 11.8 Å². The minimum absolute atomic E-state index is 0.0154. The van der Waals surface area contributed by atoms with Crippen LogP contribution in [0, 0.1) is 0 Å². The number of hydrogen-bond donors (Lipinski definition) is 1. The van der Waals surface area contributed by atoms with Gasteiger partial charge in [0.05, 0.1) is 17.7 Å². The average Bonchev–Trinajstić information content (AvgIpc) is 2.93. The first-order chi connectivity index (χ1) is 18.6. The summed E-state index contributed by atoms with van der Waals surface area (Å²) >= 11 is 9.49. The number of nitrogens with one attached hydrogen (secondary N) is 1. The Bertz CT molecular complexity index is 1390. The molecule has 0 bridgehead atoms. The van der Waals surface area contributed by atoms with Gasteiger partial charge in [0.1, 0.15) is 18.3 Å². The van der Waals surface area contributed by atoms with E-state index in [1.165, 1.54) is 48.4 Å². The molecule has 0 saturated carbocycles. The molecule has 3 aromatic rings.